The summed E-state index contributed by atoms with van der Waals surface area (Å²) in [6.45, 7) is 5.07. The summed E-state index contributed by atoms with van der Waals surface area (Å²) in [5.41, 5.74) is 1.16. The Morgan fingerprint density at radius 3 is 2.89 bits per heavy atom. The van der Waals surface area contributed by atoms with E-state index >= 15 is 0 Å². The number of carbonyl (C=O) groups is 1. The molecule has 1 aromatic heterocycles. The van der Waals surface area contributed by atoms with E-state index in [0.29, 0.717) is 26.4 Å². The molecule has 2 amide bonds. The molecule has 1 unspecified atom stereocenters. The Bertz CT molecular complexity index is 685. The van der Waals surface area contributed by atoms with Gasteiger partial charge >= 0.3 is 6.03 Å². The number of hydrogen-bond acceptors (Lipinski definition) is 4. The van der Waals surface area contributed by atoms with Gasteiger partial charge in [0.1, 0.15) is 18.1 Å². The molecular weight excluding hydrogens is 344 g/mol. The monoisotopic (exact) mass is 372 g/mol. The number of carbonyl (C=O) groups excluding carboxylic acids is 1. The summed E-state index contributed by atoms with van der Waals surface area (Å²) in [5.74, 6) is 1.68. The van der Waals surface area contributed by atoms with E-state index in [-0.39, 0.29) is 12.1 Å². The fourth-order valence-electron chi connectivity index (χ4n) is 3.35. The molecule has 146 valence electrons. The topological polar surface area (TPSA) is 63.9 Å². The van der Waals surface area contributed by atoms with Crippen LogP contribution in [0.2, 0.25) is 0 Å². The van der Waals surface area contributed by atoms with Crippen LogP contribution in [0.1, 0.15) is 43.6 Å². The lowest BCUT2D eigenvalue weighted by molar-refractivity contribution is 0.104. The smallest absolute Gasteiger partial charge is 0.317 e. The van der Waals surface area contributed by atoms with E-state index in [1.165, 1.54) is 0 Å². The van der Waals surface area contributed by atoms with Crippen LogP contribution < -0.4 is 10.1 Å². The molecule has 0 aliphatic carbocycles. The molecule has 0 spiro atoms. The Kier molecular flexibility index (Phi) is 7.16. The number of benzene rings is 1. The van der Waals surface area contributed by atoms with Gasteiger partial charge in [0.15, 0.2) is 0 Å². The fourth-order valence-corrected chi connectivity index (χ4v) is 3.35. The number of hydrogen-bond donors (Lipinski definition) is 1. The van der Waals surface area contributed by atoms with Crippen LogP contribution >= 0.6 is 0 Å². The third-order valence-electron chi connectivity index (χ3n) is 4.66. The lowest BCUT2D eigenvalue weighted by atomic mass is 10.0. The van der Waals surface area contributed by atoms with Crippen molar-refractivity contribution in [3.8, 4) is 5.75 Å². The summed E-state index contributed by atoms with van der Waals surface area (Å²) in [5, 5.41) is 3.01. The summed E-state index contributed by atoms with van der Waals surface area (Å²) in [6.07, 6.45) is 4.43. The predicted molar refractivity (Wildman–Crippen MR) is 103 cm³/mol. The van der Waals surface area contributed by atoms with Gasteiger partial charge in [-0.3, -0.25) is 0 Å². The zero-order chi connectivity index (χ0) is 18.9. The normalized spacial score (nSPS) is 16.5. The summed E-state index contributed by atoms with van der Waals surface area (Å²) in [6, 6.07) is 11.9. The molecular formula is C21H28N2O4. The van der Waals surface area contributed by atoms with Gasteiger partial charge in [-0.25, -0.2) is 4.79 Å². The van der Waals surface area contributed by atoms with Crippen molar-refractivity contribution in [1.82, 2.24) is 10.2 Å². The molecule has 3 rings (SSSR count). The molecule has 1 fully saturated rings. The molecule has 1 saturated heterocycles. The van der Waals surface area contributed by atoms with Crippen LogP contribution in [0.3, 0.4) is 0 Å². The van der Waals surface area contributed by atoms with Crippen molar-refractivity contribution in [2.24, 2.45) is 0 Å². The van der Waals surface area contributed by atoms with E-state index in [2.05, 4.69) is 17.4 Å². The van der Waals surface area contributed by atoms with Crippen LogP contribution in [-0.2, 0) is 11.3 Å². The molecule has 1 aromatic carbocycles. The Morgan fingerprint density at radius 2 is 2.15 bits per heavy atom. The molecule has 6 heteroatoms. The van der Waals surface area contributed by atoms with Crippen molar-refractivity contribution in [2.75, 3.05) is 26.3 Å². The van der Waals surface area contributed by atoms with Gasteiger partial charge < -0.3 is 24.1 Å². The fraction of sp³-hybridized carbons (Fsp3) is 0.476. The lowest BCUT2D eigenvalue weighted by Crippen LogP contribution is -2.40. The largest absolute Gasteiger partial charge is 0.494 e. The second-order valence-corrected chi connectivity index (χ2v) is 6.57. The number of likely N-dealkylation sites (tertiary alicyclic amines) is 1. The molecule has 0 bridgehead atoms. The third kappa shape index (κ3) is 5.50. The van der Waals surface area contributed by atoms with Crippen LogP contribution in [0, 0.1) is 0 Å². The van der Waals surface area contributed by atoms with E-state index in [9.17, 15) is 4.79 Å². The number of ether oxygens (including phenoxy) is 2. The van der Waals surface area contributed by atoms with Gasteiger partial charge in [-0.2, -0.15) is 0 Å². The average molecular weight is 372 g/mol. The molecule has 2 heterocycles. The van der Waals surface area contributed by atoms with Crippen molar-refractivity contribution in [2.45, 2.75) is 38.8 Å². The zero-order valence-corrected chi connectivity index (χ0v) is 15.9. The average Bonchev–Trinajstić information content (AvgIpc) is 3.37. The predicted octanol–water partition coefficient (Wildman–Crippen LogP) is 4.13. The van der Waals surface area contributed by atoms with Crippen molar-refractivity contribution in [1.29, 1.82) is 0 Å². The van der Waals surface area contributed by atoms with Gasteiger partial charge in [0.25, 0.3) is 0 Å². The molecule has 0 saturated carbocycles. The first-order valence-electron chi connectivity index (χ1n) is 9.65. The van der Waals surface area contributed by atoms with Gasteiger partial charge in [0, 0.05) is 19.7 Å². The van der Waals surface area contributed by atoms with E-state index < -0.39 is 0 Å². The first-order valence-corrected chi connectivity index (χ1v) is 9.65. The highest BCUT2D eigenvalue weighted by atomic mass is 16.5. The van der Waals surface area contributed by atoms with Crippen molar-refractivity contribution >= 4 is 6.03 Å². The van der Waals surface area contributed by atoms with E-state index in [1.54, 1.807) is 6.26 Å². The number of nitrogens with one attached hydrogen (secondary N) is 1. The number of urea groups is 1. The molecule has 6 nitrogen and oxygen atoms in total. The van der Waals surface area contributed by atoms with Crippen LogP contribution in [-0.4, -0.2) is 37.2 Å². The molecule has 0 radical (unpaired) electrons. The quantitative estimate of drug-likeness (QED) is 0.672. The SMILES string of the molecule is CCOc1ccc(C2CCCN2C(=O)NCCCOCc2ccco2)cc1. The second-order valence-electron chi connectivity index (χ2n) is 6.57. The number of rotatable bonds is 9. The Labute approximate surface area is 160 Å². The van der Waals surface area contributed by atoms with Gasteiger partial charge in [-0.05, 0) is 56.0 Å². The molecule has 2 aromatic rings. The van der Waals surface area contributed by atoms with E-state index in [1.807, 2.05) is 36.1 Å². The number of furan rings is 1. The third-order valence-corrected chi connectivity index (χ3v) is 4.66. The second kappa shape index (κ2) is 10.0. The van der Waals surface area contributed by atoms with Crippen LogP contribution in [0.15, 0.2) is 47.1 Å². The maximum absolute atomic E-state index is 12.6. The van der Waals surface area contributed by atoms with Gasteiger partial charge in [0.2, 0.25) is 0 Å². The molecule has 27 heavy (non-hydrogen) atoms. The highest BCUT2D eigenvalue weighted by Gasteiger charge is 2.29. The standard InChI is InChI=1S/C21H28N2O4/c1-2-26-18-10-8-17(9-11-18)20-7-3-13-23(20)21(24)22-12-5-14-25-16-19-6-4-15-27-19/h4,6,8-11,15,20H,2-3,5,7,12-14,16H2,1H3,(H,22,24). The van der Waals surface area contributed by atoms with E-state index in [4.69, 9.17) is 13.9 Å². The highest BCUT2D eigenvalue weighted by molar-refractivity contribution is 5.75. The molecule has 1 N–H and O–H groups in total. The van der Waals surface area contributed by atoms with Crippen LogP contribution in [0.25, 0.3) is 0 Å². The maximum atomic E-state index is 12.6. The Hall–Kier alpha value is -2.47. The molecule has 1 aliphatic rings. The van der Waals surface area contributed by atoms with Gasteiger partial charge in [0.05, 0.1) is 18.9 Å². The van der Waals surface area contributed by atoms with Gasteiger partial charge in [-0.15, -0.1) is 0 Å². The number of amides is 2. The summed E-state index contributed by atoms with van der Waals surface area (Å²) in [7, 11) is 0. The van der Waals surface area contributed by atoms with E-state index in [0.717, 1.165) is 42.9 Å². The van der Waals surface area contributed by atoms with Crippen molar-refractivity contribution in [3.63, 3.8) is 0 Å². The van der Waals surface area contributed by atoms with Crippen LogP contribution in [0.4, 0.5) is 4.79 Å². The summed E-state index contributed by atoms with van der Waals surface area (Å²) >= 11 is 0. The minimum atomic E-state index is -0.00239. The minimum absolute atomic E-state index is 0.00239. The molecule has 1 aliphatic heterocycles. The maximum Gasteiger partial charge on any atom is 0.317 e. The number of nitrogens with zero attached hydrogens (tertiary/aromatic N) is 1. The Morgan fingerprint density at radius 1 is 1.30 bits per heavy atom. The van der Waals surface area contributed by atoms with Crippen molar-refractivity contribution in [3.05, 3.63) is 54.0 Å². The Balaban J connectivity index is 1.40. The lowest BCUT2D eigenvalue weighted by Gasteiger charge is -2.25. The minimum Gasteiger partial charge on any atom is -0.494 e. The molecule has 1 atom stereocenters. The first-order chi connectivity index (χ1) is 13.3. The van der Waals surface area contributed by atoms with Crippen molar-refractivity contribution < 1.29 is 18.7 Å². The summed E-state index contributed by atoms with van der Waals surface area (Å²) in [4.78, 5) is 14.5. The van der Waals surface area contributed by atoms with Crippen LogP contribution in [0.5, 0.6) is 5.75 Å². The first kappa shape index (κ1) is 19.3. The zero-order valence-electron chi connectivity index (χ0n) is 15.9. The van der Waals surface area contributed by atoms with Gasteiger partial charge in [-0.1, -0.05) is 12.1 Å². The summed E-state index contributed by atoms with van der Waals surface area (Å²) < 4.78 is 16.2. The highest BCUT2D eigenvalue weighted by Crippen LogP contribution is 2.32.